The molecule has 0 saturated carbocycles. The number of carbonyl (C=O) groups is 3. The standard InChI is InChI=1S/C29H36O7/c1-3-28(31)34-22-12-10-8-6-4-5-7-9-11-21-33-25-15-13-24(14-16-25)29(32)36-27-19-17-26(18-20-27)35-23(2)30/h3,13-20H,1,4-12,21-22H2,2H3. The SMILES string of the molecule is C=CC(=O)OCCCCCCCCCCCOc1ccc(C(=O)Oc2ccc(OC(C)=O)cc2)cc1. The van der Waals surface area contributed by atoms with Crippen LogP contribution in [0.5, 0.6) is 17.2 Å². The number of esters is 3. The molecule has 0 spiro atoms. The lowest BCUT2D eigenvalue weighted by Crippen LogP contribution is -2.08. The molecule has 2 aromatic carbocycles. The molecule has 2 aromatic rings. The van der Waals surface area contributed by atoms with Crippen LogP contribution in [-0.4, -0.2) is 31.1 Å². The Balaban J connectivity index is 1.52. The van der Waals surface area contributed by atoms with Crippen LogP contribution in [0.3, 0.4) is 0 Å². The van der Waals surface area contributed by atoms with Gasteiger partial charge in [0.2, 0.25) is 0 Å². The van der Waals surface area contributed by atoms with Crippen LogP contribution in [0.4, 0.5) is 0 Å². The molecule has 0 aliphatic heterocycles. The molecule has 36 heavy (non-hydrogen) atoms. The molecule has 0 N–H and O–H groups in total. The number of hydrogen-bond donors (Lipinski definition) is 0. The van der Waals surface area contributed by atoms with Crippen molar-refractivity contribution in [2.24, 2.45) is 0 Å². The lowest BCUT2D eigenvalue weighted by molar-refractivity contribution is -0.138. The third-order valence-electron chi connectivity index (χ3n) is 5.35. The quantitative estimate of drug-likeness (QED) is 0.108. The van der Waals surface area contributed by atoms with Gasteiger partial charge in [0, 0.05) is 13.0 Å². The van der Waals surface area contributed by atoms with Crippen molar-refractivity contribution in [3.63, 3.8) is 0 Å². The van der Waals surface area contributed by atoms with Gasteiger partial charge in [-0.15, -0.1) is 0 Å². The highest BCUT2D eigenvalue weighted by atomic mass is 16.5. The Kier molecular flexibility index (Phi) is 13.5. The van der Waals surface area contributed by atoms with Crippen molar-refractivity contribution >= 4 is 17.9 Å². The van der Waals surface area contributed by atoms with Gasteiger partial charge in [0.25, 0.3) is 0 Å². The number of hydrogen-bond acceptors (Lipinski definition) is 7. The molecule has 0 unspecified atom stereocenters. The topological polar surface area (TPSA) is 88.1 Å². The zero-order chi connectivity index (χ0) is 26.0. The fraction of sp³-hybridized carbons (Fsp3) is 0.414. The molecule has 0 fully saturated rings. The molecule has 0 aliphatic carbocycles. The Morgan fingerprint density at radius 2 is 1.14 bits per heavy atom. The minimum Gasteiger partial charge on any atom is -0.494 e. The van der Waals surface area contributed by atoms with Crippen LogP contribution in [0.1, 0.15) is 75.1 Å². The van der Waals surface area contributed by atoms with Crippen LogP contribution < -0.4 is 14.2 Å². The molecule has 0 aliphatic rings. The van der Waals surface area contributed by atoms with Crippen LogP contribution in [0.15, 0.2) is 61.2 Å². The van der Waals surface area contributed by atoms with E-state index in [1.807, 2.05) is 0 Å². The first-order valence-electron chi connectivity index (χ1n) is 12.5. The van der Waals surface area contributed by atoms with Crippen LogP contribution in [0.2, 0.25) is 0 Å². The fourth-order valence-electron chi connectivity index (χ4n) is 3.46. The highest BCUT2D eigenvalue weighted by molar-refractivity contribution is 5.91. The third-order valence-corrected chi connectivity index (χ3v) is 5.35. The molecule has 7 heteroatoms. The molecule has 0 amide bonds. The summed E-state index contributed by atoms with van der Waals surface area (Å²) >= 11 is 0. The van der Waals surface area contributed by atoms with E-state index in [0.717, 1.165) is 31.4 Å². The Hall–Kier alpha value is -3.61. The number of carbonyl (C=O) groups excluding carboxylic acids is 3. The van der Waals surface area contributed by atoms with E-state index < -0.39 is 11.9 Å². The second-order valence-corrected chi connectivity index (χ2v) is 8.38. The molecule has 0 aromatic heterocycles. The molecule has 0 radical (unpaired) electrons. The third kappa shape index (κ3) is 12.2. The lowest BCUT2D eigenvalue weighted by atomic mass is 10.1. The smallest absolute Gasteiger partial charge is 0.343 e. The van der Waals surface area contributed by atoms with Gasteiger partial charge in [-0.25, -0.2) is 9.59 Å². The number of rotatable bonds is 17. The van der Waals surface area contributed by atoms with Crippen molar-refractivity contribution in [3.8, 4) is 17.2 Å². The molecular weight excluding hydrogens is 460 g/mol. The van der Waals surface area contributed by atoms with Crippen molar-refractivity contribution in [2.45, 2.75) is 64.7 Å². The van der Waals surface area contributed by atoms with Gasteiger partial charge in [-0.2, -0.15) is 0 Å². The number of unbranched alkanes of at least 4 members (excludes halogenated alkanes) is 8. The summed E-state index contributed by atoms with van der Waals surface area (Å²) in [6.07, 6.45) is 11.3. The molecule has 0 heterocycles. The van der Waals surface area contributed by atoms with E-state index in [-0.39, 0.29) is 5.97 Å². The average Bonchev–Trinajstić information content (AvgIpc) is 2.87. The predicted molar refractivity (Wildman–Crippen MR) is 137 cm³/mol. The van der Waals surface area contributed by atoms with Crippen LogP contribution >= 0.6 is 0 Å². The van der Waals surface area contributed by atoms with E-state index in [0.29, 0.717) is 30.3 Å². The maximum Gasteiger partial charge on any atom is 0.343 e. The first kappa shape index (κ1) is 28.6. The van der Waals surface area contributed by atoms with Gasteiger partial charge in [-0.05, 0) is 61.4 Å². The Morgan fingerprint density at radius 3 is 1.67 bits per heavy atom. The van der Waals surface area contributed by atoms with E-state index in [2.05, 4.69) is 6.58 Å². The second-order valence-electron chi connectivity index (χ2n) is 8.38. The summed E-state index contributed by atoms with van der Waals surface area (Å²) in [6, 6.07) is 13.1. The zero-order valence-electron chi connectivity index (χ0n) is 21.0. The maximum absolute atomic E-state index is 12.3. The van der Waals surface area contributed by atoms with Gasteiger partial charge in [0.1, 0.15) is 17.2 Å². The Bertz CT molecular complexity index is 949. The first-order valence-corrected chi connectivity index (χ1v) is 12.5. The van der Waals surface area contributed by atoms with Crippen molar-refractivity contribution in [1.29, 1.82) is 0 Å². The van der Waals surface area contributed by atoms with Crippen molar-refractivity contribution in [1.82, 2.24) is 0 Å². The van der Waals surface area contributed by atoms with Crippen molar-refractivity contribution in [3.05, 3.63) is 66.7 Å². The number of benzene rings is 2. The van der Waals surface area contributed by atoms with Gasteiger partial charge < -0.3 is 18.9 Å². The molecule has 194 valence electrons. The zero-order valence-corrected chi connectivity index (χ0v) is 21.0. The summed E-state index contributed by atoms with van der Waals surface area (Å²) in [5.41, 5.74) is 0.421. The summed E-state index contributed by atoms with van der Waals surface area (Å²) < 4.78 is 21.0. The van der Waals surface area contributed by atoms with Gasteiger partial charge in [0.05, 0.1) is 18.8 Å². The van der Waals surface area contributed by atoms with Gasteiger partial charge in [-0.3, -0.25) is 4.79 Å². The van der Waals surface area contributed by atoms with Crippen LogP contribution in [0.25, 0.3) is 0 Å². The summed E-state index contributed by atoms with van der Waals surface area (Å²) in [6.45, 7) is 5.81. The molecule has 2 rings (SSSR count). The highest BCUT2D eigenvalue weighted by Gasteiger charge is 2.09. The summed E-state index contributed by atoms with van der Waals surface area (Å²) in [4.78, 5) is 34.2. The Labute approximate surface area is 213 Å². The predicted octanol–water partition coefficient (Wildman–Crippen LogP) is 6.45. The van der Waals surface area contributed by atoms with Gasteiger partial charge in [-0.1, -0.05) is 51.5 Å². The average molecular weight is 497 g/mol. The molecule has 0 atom stereocenters. The summed E-state index contributed by atoms with van der Waals surface area (Å²) in [7, 11) is 0. The largest absolute Gasteiger partial charge is 0.494 e. The molecule has 7 nitrogen and oxygen atoms in total. The summed E-state index contributed by atoms with van der Waals surface area (Å²) in [5.74, 6) is 0.240. The van der Waals surface area contributed by atoms with Gasteiger partial charge >= 0.3 is 17.9 Å². The van der Waals surface area contributed by atoms with Crippen LogP contribution in [0, 0.1) is 0 Å². The molecule has 0 bridgehead atoms. The minimum absolute atomic E-state index is 0.349. The summed E-state index contributed by atoms with van der Waals surface area (Å²) in [5, 5.41) is 0. The van der Waals surface area contributed by atoms with E-state index in [9.17, 15) is 14.4 Å². The Morgan fingerprint density at radius 1 is 0.667 bits per heavy atom. The maximum atomic E-state index is 12.3. The highest BCUT2D eigenvalue weighted by Crippen LogP contribution is 2.20. The fourth-order valence-corrected chi connectivity index (χ4v) is 3.46. The van der Waals surface area contributed by atoms with Gasteiger partial charge in [0.15, 0.2) is 0 Å². The van der Waals surface area contributed by atoms with E-state index >= 15 is 0 Å². The molecule has 0 saturated heterocycles. The first-order chi connectivity index (χ1) is 17.5. The second kappa shape index (κ2) is 16.9. The molecular formula is C29H36O7. The van der Waals surface area contributed by atoms with E-state index in [4.69, 9.17) is 18.9 Å². The van der Waals surface area contributed by atoms with Crippen LogP contribution in [-0.2, 0) is 14.3 Å². The number of ether oxygens (including phenoxy) is 4. The monoisotopic (exact) mass is 496 g/mol. The van der Waals surface area contributed by atoms with Crippen molar-refractivity contribution in [2.75, 3.05) is 13.2 Å². The normalized spacial score (nSPS) is 10.4. The lowest BCUT2D eigenvalue weighted by Gasteiger charge is -2.08. The van der Waals surface area contributed by atoms with E-state index in [1.54, 1.807) is 48.5 Å². The minimum atomic E-state index is -0.474. The van der Waals surface area contributed by atoms with Crippen molar-refractivity contribution < 1.29 is 33.3 Å². The van der Waals surface area contributed by atoms with E-state index in [1.165, 1.54) is 45.1 Å².